The zero-order chi connectivity index (χ0) is 18.1. The van der Waals surface area contributed by atoms with Crippen molar-refractivity contribution in [3.8, 4) is 5.75 Å². The fraction of sp³-hybridized carbons (Fsp3) is 0.136. The fourth-order valence-electron chi connectivity index (χ4n) is 3.36. The van der Waals surface area contributed by atoms with Crippen molar-refractivity contribution >= 4 is 33.7 Å². The molecule has 4 nitrogen and oxygen atoms in total. The minimum absolute atomic E-state index is 0.861. The molecule has 0 aliphatic heterocycles. The highest BCUT2D eigenvalue weighted by molar-refractivity contribution is 6.12. The van der Waals surface area contributed by atoms with Crippen LogP contribution in [0.25, 0.3) is 21.8 Å². The SMILES string of the molecule is COc1ccc2[nH]c3c(C)cc(C=NNc4ccccc4)c(C)c3c2c1. The number of H-pyrrole nitrogens is 1. The molecule has 0 amide bonds. The summed E-state index contributed by atoms with van der Waals surface area (Å²) in [5, 5.41) is 6.80. The molecule has 0 aliphatic carbocycles. The number of aromatic nitrogens is 1. The number of methoxy groups -OCH3 is 1. The Labute approximate surface area is 152 Å². The lowest BCUT2D eigenvalue weighted by Gasteiger charge is -2.07. The summed E-state index contributed by atoms with van der Waals surface area (Å²) in [6.45, 7) is 4.26. The van der Waals surface area contributed by atoms with Gasteiger partial charge in [-0.2, -0.15) is 5.10 Å². The third kappa shape index (κ3) is 2.80. The van der Waals surface area contributed by atoms with Gasteiger partial charge in [0.25, 0.3) is 0 Å². The maximum Gasteiger partial charge on any atom is 0.119 e. The summed E-state index contributed by atoms with van der Waals surface area (Å²) >= 11 is 0. The molecule has 3 aromatic carbocycles. The van der Waals surface area contributed by atoms with Crippen molar-refractivity contribution < 1.29 is 4.74 Å². The van der Waals surface area contributed by atoms with E-state index in [2.05, 4.69) is 47.6 Å². The van der Waals surface area contributed by atoms with E-state index in [1.807, 2.05) is 42.6 Å². The second-order valence-electron chi connectivity index (χ2n) is 6.43. The van der Waals surface area contributed by atoms with Crippen LogP contribution in [0.2, 0.25) is 0 Å². The van der Waals surface area contributed by atoms with E-state index in [0.29, 0.717) is 0 Å². The second-order valence-corrected chi connectivity index (χ2v) is 6.43. The van der Waals surface area contributed by atoms with Gasteiger partial charge >= 0.3 is 0 Å². The molecule has 1 aromatic heterocycles. The number of fused-ring (bicyclic) bond motifs is 3. The number of nitrogens with zero attached hydrogens (tertiary/aromatic N) is 1. The van der Waals surface area contributed by atoms with Crippen LogP contribution in [0.3, 0.4) is 0 Å². The van der Waals surface area contributed by atoms with Crippen LogP contribution in [0.5, 0.6) is 5.75 Å². The highest BCUT2D eigenvalue weighted by Crippen LogP contribution is 2.33. The number of hydrogen-bond donors (Lipinski definition) is 2. The molecule has 0 aliphatic rings. The summed E-state index contributed by atoms with van der Waals surface area (Å²) in [6, 6.07) is 18.2. The molecule has 0 unspecified atom stereocenters. The number of hydrogen-bond acceptors (Lipinski definition) is 3. The molecule has 130 valence electrons. The normalized spacial score (nSPS) is 11.5. The summed E-state index contributed by atoms with van der Waals surface area (Å²) in [4.78, 5) is 3.53. The van der Waals surface area contributed by atoms with E-state index in [1.165, 1.54) is 27.4 Å². The van der Waals surface area contributed by atoms with Crippen molar-refractivity contribution in [2.75, 3.05) is 12.5 Å². The average molecular weight is 343 g/mol. The fourth-order valence-corrected chi connectivity index (χ4v) is 3.36. The topological polar surface area (TPSA) is 49.4 Å². The monoisotopic (exact) mass is 343 g/mol. The van der Waals surface area contributed by atoms with Gasteiger partial charge in [0.2, 0.25) is 0 Å². The van der Waals surface area contributed by atoms with Crippen molar-refractivity contribution in [3.63, 3.8) is 0 Å². The van der Waals surface area contributed by atoms with Crippen molar-refractivity contribution in [2.45, 2.75) is 13.8 Å². The lowest BCUT2D eigenvalue weighted by Crippen LogP contribution is -1.94. The van der Waals surface area contributed by atoms with Crippen molar-refractivity contribution in [1.82, 2.24) is 4.98 Å². The Morgan fingerprint density at radius 1 is 1.04 bits per heavy atom. The van der Waals surface area contributed by atoms with Crippen LogP contribution in [0.1, 0.15) is 16.7 Å². The molecule has 1 heterocycles. The van der Waals surface area contributed by atoms with E-state index in [0.717, 1.165) is 22.5 Å². The van der Waals surface area contributed by atoms with E-state index in [1.54, 1.807) is 7.11 Å². The molecule has 0 saturated heterocycles. The first-order valence-electron chi connectivity index (χ1n) is 8.61. The van der Waals surface area contributed by atoms with Gasteiger partial charge in [-0.15, -0.1) is 0 Å². The minimum atomic E-state index is 0.861. The Morgan fingerprint density at radius 2 is 1.85 bits per heavy atom. The summed E-state index contributed by atoms with van der Waals surface area (Å²) in [6.07, 6.45) is 1.88. The quantitative estimate of drug-likeness (QED) is 0.385. The number of aromatic amines is 1. The molecule has 26 heavy (non-hydrogen) atoms. The lowest BCUT2D eigenvalue weighted by molar-refractivity contribution is 0.415. The van der Waals surface area contributed by atoms with Crippen molar-refractivity contribution in [1.29, 1.82) is 0 Å². The van der Waals surface area contributed by atoms with E-state index in [-0.39, 0.29) is 0 Å². The average Bonchev–Trinajstić information content (AvgIpc) is 3.06. The third-order valence-electron chi connectivity index (χ3n) is 4.75. The minimum Gasteiger partial charge on any atom is -0.497 e. The van der Waals surface area contributed by atoms with Crippen molar-refractivity contribution in [2.24, 2.45) is 5.10 Å². The zero-order valence-electron chi connectivity index (χ0n) is 15.1. The Bertz CT molecular complexity index is 1110. The van der Waals surface area contributed by atoms with Crippen LogP contribution < -0.4 is 10.2 Å². The molecule has 0 fully saturated rings. The number of anilines is 1. The van der Waals surface area contributed by atoms with Crippen LogP contribution in [-0.4, -0.2) is 18.3 Å². The van der Waals surface area contributed by atoms with Gasteiger partial charge in [-0.1, -0.05) is 18.2 Å². The molecule has 0 saturated carbocycles. The van der Waals surface area contributed by atoms with Gasteiger partial charge in [0.05, 0.1) is 19.0 Å². The number of rotatable bonds is 4. The molecular weight excluding hydrogens is 322 g/mol. The largest absolute Gasteiger partial charge is 0.497 e. The molecule has 4 aromatic rings. The smallest absolute Gasteiger partial charge is 0.119 e. The van der Waals surface area contributed by atoms with Gasteiger partial charge in [0.1, 0.15) is 5.75 Å². The zero-order valence-corrected chi connectivity index (χ0v) is 15.1. The number of ether oxygens (including phenoxy) is 1. The highest BCUT2D eigenvalue weighted by Gasteiger charge is 2.12. The summed E-state index contributed by atoms with van der Waals surface area (Å²) < 4.78 is 5.40. The van der Waals surface area contributed by atoms with E-state index in [4.69, 9.17) is 4.74 Å². The van der Waals surface area contributed by atoms with Crippen LogP contribution >= 0.6 is 0 Å². The molecule has 0 bridgehead atoms. The van der Waals surface area contributed by atoms with Gasteiger partial charge in [0.15, 0.2) is 0 Å². The Hall–Kier alpha value is -3.27. The standard InChI is InChI=1S/C22H21N3O/c1-14-11-16(13-23-25-17-7-5-4-6-8-17)15(2)21-19-12-18(26-3)9-10-20(19)24-22(14)21/h4-13,24-25H,1-3H3. The first-order chi connectivity index (χ1) is 12.7. The van der Waals surface area contributed by atoms with Gasteiger partial charge < -0.3 is 9.72 Å². The Morgan fingerprint density at radius 3 is 2.62 bits per heavy atom. The number of hydrazone groups is 1. The van der Waals surface area contributed by atoms with Gasteiger partial charge in [-0.3, -0.25) is 5.43 Å². The maximum absolute atomic E-state index is 5.40. The Kier molecular flexibility index (Phi) is 4.09. The number of aryl methyl sites for hydroxylation is 2. The number of benzene rings is 3. The van der Waals surface area contributed by atoms with Crippen LogP contribution in [0, 0.1) is 13.8 Å². The first kappa shape index (κ1) is 16.2. The second kappa shape index (κ2) is 6.56. The lowest BCUT2D eigenvalue weighted by atomic mass is 9.99. The third-order valence-corrected chi connectivity index (χ3v) is 4.75. The predicted molar refractivity (Wildman–Crippen MR) is 109 cm³/mol. The summed E-state index contributed by atoms with van der Waals surface area (Å²) in [5.74, 6) is 0.861. The predicted octanol–water partition coefficient (Wildman–Crippen LogP) is 5.39. The van der Waals surface area contributed by atoms with Crippen LogP contribution in [-0.2, 0) is 0 Å². The molecule has 4 heteroatoms. The van der Waals surface area contributed by atoms with Gasteiger partial charge in [-0.05, 0) is 66.9 Å². The molecule has 2 N–H and O–H groups in total. The van der Waals surface area contributed by atoms with Crippen LogP contribution in [0.15, 0.2) is 59.7 Å². The van der Waals surface area contributed by atoms with E-state index < -0.39 is 0 Å². The molecule has 0 atom stereocenters. The maximum atomic E-state index is 5.40. The van der Waals surface area contributed by atoms with Gasteiger partial charge in [0, 0.05) is 21.8 Å². The summed E-state index contributed by atoms with van der Waals surface area (Å²) in [5.41, 5.74) is 9.82. The van der Waals surface area contributed by atoms with Crippen molar-refractivity contribution in [3.05, 3.63) is 71.3 Å². The Balaban J connectivity index is 1.80. The van der Waals surface area contributed by atoms with Gasteiger partial charge in [-0.25, -0.2) is 0 Å². The molecule has 0 radical (unpaired) electrons. The summed E-state index contributed by atoms with van der Waals surface area (Å²) in [7, 11) is 1.70. The molecule has 4 rings (SSSR count). The molecule has 0 spiro atoms. The molecular formula is C22H21N3O. The van der Waals surface area contributed by atoms with E-state index >= 15 is 0 Å². The number of para-hydroxylation sites is 1. The van der Waals surface area contributed by atoms with Crippen LogP contribution in [0.4, 0.5) is 5.69 Å². The highest BCUT2D eigenvalue weighted by atomic mass is 16.5. The first-order valence-corrected chi connectivity index (χ1v) is 8.61. The van der Waals surface area contributed by atoms with E-state index in [9.17, 15) is 0 Å². The number of nitrogens with one attached hydrogen (secondary N) is 2.